The number of nitrogen functional groups attached to an aromatic ring is 1. The molecule has 98 valence electrons. The molecule has 0 saturated carbocycles. The minimum atomic E-state index is -0.105. The monoisotopic (exact) mass is 294 g/mol. The zero-order valence-corrected chi connectivity index (χ0v) is 11.6. The molecule has 1 heterocycles. The van der Waals surface area contributed by atoms with Crippen LogP contribution < -0.4 is 11.1 Å². The van der Waals surface area contributed by atoms with E-state index in [0.29, 0.717) is 10.0 Å². The Morgan fingerprint density at radius 3 is 2.68 bits per heavy atom. The number of hydrogen-bond donors (Lipinski definition) is 2. The lowest BCUT2D eigenvalue weighted by Gasteiger charge is -2.05. The molecule has 0 aliphatic carbocycles. The molecule has 5 nitrogen and oxygen atoms in total. The van der Waals surface area contributed by atoms with E-state index >= 15 is 0 Å². The van der Waals surface area contributed by atoms with Crippen molar-refractivity contribution < 1.29 is 4.79 Å². The molecule has 0 unspecified atom stereocenters. The minimum Gasteiger partial charge on any atom is -0.368 e. The molecule has 1 aromatic carbocycles. The number of nitrogens with two attached hydrogens (primary N) is 1. The Morgan fingerprint density at radius 2 is 2.05 bits per heavy atom. The van der Waals surface area contributed by atoms with Crippen molar-refractivity contribution in [2.75, 3.05) is 11.1 Å². The average Bonchev–Trinajstić information content (AvgIpc) is 2.35. The van der Waals surface area contributed by atoms with E-state index in [2.05, 4.69) is 15.3 Å². The first kappa shape index (κ1) is 13.6. The van der Waals surface area contributed by atoms with Gasteiger partial charge in [-0.3, -0.25) is 4.79 Å². The van der Waals surface area contributed by atoms with Crippen LogP contribution in [-0.2, 0) is 4.79 Å². The number of hydrogen-bond acceptors (Lipinski definition) is 5. The van der Waals surface area contributed by atoms with Gasteiger partial charge in [-0.05, 0) is 24.3 Å². The van der Waals surface area contributed by atoms with E-state index in [0.717, 1.165) is 10.6 Å². The Hall–Kier alpha value is -1.79. The van der Waals surface area contributed by atoms with Gasteiger partial charge in [0.25, 0.3) is 0 Å². The normalized spacial score (nSPS) is 10.2. The van der Waals surface area contributed by atoms with Gasteiger partial charge in [0.2, 0.25) is 11.9 Å². The van der Waals surface area contributed by atoms with Gasteiger partial charge in [0, 0.05) is 17.5 Å². The van der Waals surface area contributed by atoms with Gasteiger partial charge < -0.3 is 11.1 Å². The van der Waals surface area contributed by atoms with Gasteiger partial charge in [-0.1, -0.05) is 23.4 Å². The number of halogens is 1. The fraction of sp³-hybridized carbons (Fsp3) is 0.0833. The lowest BCUT2D eigenvalue weighted by Crippen LogP contribution is -2.05. The first-order chi connectivity index (χ1) is 9.04. The molecule has 0 bridgehead atoms. The fourth-order valence-corrected chi connectivity index (χ4v) is 2.35. The highest BCUT2D eigenvalue weighted by molar-refractivity contribution is 7.99. The predicted molar refractivity (Wildman–Crippen MR) is 76.3 cm³/mol. The molecule has 0 aliphatic heterocycles. The van der Waals surface area contributed by atoms with Crippen LogP contribution in [0.4, 0.5) is 11.6 Å². The van der Waals surface area contributed by atoms with Crippen LogP contribution in [0, 0.1) is 0 Å². The molecule has 0 fully saturated rings. The Balaban J connectivity index is 2.15. The number of carbonyl (C=O) groups excluding carboxylic acids is 1. The third-order valence-corrected chi connectivity index (χ3v) is 3.52. The molecule has 0 aliphatic rings. The number of anilines is 2. The highest BCUT2D eigenvalue weighted by atomic mass is 35.5. The van der Waals surface area contributed by atoms with Crippen LogP contribution in [0.25, 0.3) is 0 Å². The molecular weight excluding hydrogens is 284 g/mol. The molecule has 2 aromatic rings. The Morgan fingerprint density at radius 1 is 1.37 bits per heavy atom. The van der Waals surface area contributed by atoms with Crippen molar-refractivity contribution in [3.8, 4) is 0 Å². The highest BCUT2D eigenvalue weighted by Crippen LogP contribution is 2.32. The van der Waals surface area contributed by atoms with Crippen LogP contribution in [0.15, 0.2) is 40.4 Å². The summed E-state index contributed by atoms with van der Waals surface area (Å²) in [7, 11) is 0. The van der Waals surface area contributed by atoms with Crippen molar-refractivity contribution in [1.82, 2.24) is 9.97 Å². The van der Waals surface area contributed by atoms with E-state index in [4.69, 9.17) is 17.3 Å². The van der Waals surface area contributed by atoms with Crippen molar-refractivity contribution in [3.05, 3.63) is 35.5 Å². The summed E-state index contributed by atoms with van der Waals surface area (Å²) < 4.78 is 0. The van der Waals surface area contributed by atoms with Crippen LogP contribution in [0.3, 0.4) is 0 Å². The summed E-state index contributed by atoms with van der Waals surface area (Å²) in [5.74, 6) is 0.0776. The second-order valence-electron chi connectivity index (χ2n) is 3.69. The maximum atomic E-state index is 10.9. The quantitative estimate of drug-likeness (QED) is 0.851. The molecular formula is C12H11ClN4OS. The van der Waals surface area contributed by atoms with Gasteiger partial charge in [0.15, 0.2) is 0 Å². The average molecular weight is 295 g/mol. The van der Waals surface area contributed by atoms with Crippen molar-refractivity contribution >= 4 is 40.9 Å². The molecule has 3 N–H and O–H groups in total. The van der Waals surface area contributed by atoms with E-state index in [1.165, 1.54) is 24.9 Å². The summed E-state index contributed by atoms with van der Waals surface area (Å²) in [6, 6.07) is 7.35. The van der Waals surface area contributed by atoms with Crippen LogP contribution in [0.2, 0.25) is 5.02 Å². The van der Waals surface area contributed by atoms with E-state index in [9.17, 15) is 4.79 Å². The maximum Gasteiger partial charge on any atom is 0.221 e. The molecule has 1 amide bonds. The molecule has 19 heavy (non-hydrogen) atoms. The van der Waals surface area contributed by atoms with Crippen LogP contribution in [0.1, 0.15) is 6.92 Å². The summed E-state index contributed by atoms with van der Waals surface area (Å²) in [4.78, 5) is 19.7. The molecule has 0 saturated heterocycles. The standard InChI is InChI=1S/C12H11ClN4OS/c1-7(18)16-8-2-4-9(5-3-8)19-11-10(13)6-15-12(14)17-11/h2-6H,1H3,(H,16,18)(H2,14,15,17). The van der Waals surface area contributed by atoms with Crippen molar-refractivity contribution in [2.24, 2.45) is 0 Å². The predicted octanol–water partition coefficient (Wildman–Crippen LogP) is 2.82. The van der Waals surface area contributed by atoms with Gasteiger partial charge >= 0.3 is 0 Å². The first-order valence-corrected chi connectivity index (χ1v) is 6.57. The number of aromatic nitrogens is 2. The summed E-state index contributed by atoms with van der Waals surface area (Å²) >= 11 is 7.37. The highest BCUT2D eigenvalue weighted by Gasteiger charge is 2.06. The number of benzene rings is 1. The fourth-order valence-electron chi connectivity index (χ4n) is 1.36. The minimum absolute atomic E-state index is 0.105. The Bertz CT molecular complexity index is 603. The largest absolute Gasteiger partial charge is 0.368 e. The number of rotatable bonds is 3. The first-order valence-electron chi connectivity index (χ1n) is 5.38. The van der Waals surface area contributed by atoms with E-state index in [1.54, 1.807) is 0 Å². The topological polar surface area (TPSA) is 80.9 Å². The summed E-state index contributed by atoms with van der Waals surface area (Å²) in [6.45, 7) is 1.46. The second-order valence-corrected chi connectivity index (χ2v) is 5.16. The number of amides is 1. The van der Waals surface area contributed by atoms with E-state index in [1.807, 2.05) is 24.3 Å². The lowest BCUT2D eigenvalue weighted by molar-refractivity contribution is -0.114. The maximum absolute atomic E-state index is 10.9. The van der Waals surface area contributed by atoms with Crippen LogP contribution in [0.5, 0.6) is 0 Å². The number of carbonyl (C=O) groups is 1. The lowest BCUT2D eigenvalue weighted by atomic mass is 10.3. The third-order valence-electron chi connectivity index (χ3n) is 2.12. The molecule has 7 heteroatoms. The molecule has 0 spiro atoms. The van der Waals surface area contributed by atoms with Crippen molar-refractivity contribution in [2.45, 2.75) is 16.8 Å². The van der Waals surface area contributed by atoms with Gasteiger partial charge in [0.05, 0.1) is 11.2 Å². The Labute approximate surface area is 119 Å². The van der Waals surface area contributed by atoms with Crippen molar-refractivity contribution in [3.63, 3.8) is 0 Å². The smallest absolute Gasteiger partial charge is 0.221 e. The molecule has 2 rings (SSSR count). The SMILES string of the molecule is CC(=O)Nc1ccc(Sc2nc(N)ncc2Cl)cc1. The van der Waals surface area contributed by atoms with Crippen LogP contribution in [-0.4, -0.2) is 15.9 Å². The Kier molecular flexibility index (Phi) is 4.24. The summed E-state index contributed by atoms with van der Waals surface area (Å²) in [5, 5.41) is 3.74. The third kappa shape index (κ3) is 3.84. The number of nitrogens with zero attached hydrogens (tertiary/aromatic N) is 2. The summed E-state index contributed by atoms with van der Waals surface area (Å²) in [5.41, 5.74) is 6.26. The van der Waals surface area contributed by atoms with E-state index in [-0.39, 0.29) is 11.9 Å². The van der Waals surface area contributed by atoms with Gasteiger partial charge in [0.1, 0.15) is 5.03 Å². The number of nitrogens with one attached hydrogen (secondary N) is 1. The van der Waals surface area contributed by atoms with Gasteiger partial charge in [-0.15, -0.1) is 0 Å². The van der Waals surface area contributed by atoms with Gasteiger partial charge in [-0.2, -0.15) is 0 Å². The summed E-state index contributed by atoms with van der Waals surface area (Å²) in [6.07, 6.45) is 1.47. The van der Waals surface area contributed by atoms with Crippen LogP contribution >= 0.6 is 23.4 Å². The molecule has 0 atom stereocenters. The molecule has 0 radical (unpaired) electrons. The van der Waals surface area contributed by atoms with E-state index < -0.39 is 0 Å². The second kappa shape index (κ2) is 5.90. The zero-order chi connectivity index (χ0) is 13.8. The zero-order valence-electron chi connectivity index (χ0n) is 10.1. The van der Waals surface area contributed by atoms with Crippen molar-refractivity contribution in [1.29, 1.82) is 0 Å². The van der Waals surface area contributed by atoms with Gasteiger partial charge in [-0.25, -0.2) is 9.97 Å². The molecule has 1 aromatic heterocycles.